The van der Waals surface area contributed by atoms with Crippen LogP contribution in [0.4, 0.5) is 10.1 Å². The molecular weight excluding hydrogens is 423 g/mol. The number of nitrogens with one attached hydrogen (secondary N) is 3. The van der Waals surface area contributed by atoms with Crippen molar-refractivity contribution in [2.75, 3.05) is 5.32 Å². The number of H-pyrrole nitrogens is 2. The van der Waals surface area contributed by atoms with E-state index >= 15 is 4.39 Å². The second-order valence-corrected chi connectivity index (χ2v) is 8.17. The number of nitrogens with zero attached hydrogens (tertiary/aromatic N) is 5. The summed E-state index contributed by atoms with van der Waals surface area (Å²) in [7, 11) is 0. The van der Waals surface area contributed by atoms with E-state index in [1.54, 1.807) is 24.5 Å². The molecule has 5 aromatic rings. The molecule has 1 aliphatic rings. The van der Waals surface area contributed by atoms with Crippen molar-refractivity contribution in [1.29, 1.82) is 0 Å². The Kier molecular flexibility index (Phi) is 4.56. The zero-order chi connectivity index (χ0) is 22.4. The zero-order valence-electron chi connectivity index (χ0n) is 17.5. The van der Waals surface area contributed by atoms with Gasteiger partial charge in [0.25, 0.3) is 0 Å². The Morgan fingerprint density at radius 3 is 2.82 bits per heavy atom. The van der Waals surface area contributed by atoms with Gasteiger partial charge in [-0.3, -0.25) is 19.9 Å². The molecule has 164 valence electrons. The van der Waals surface area contributed by atoms with Gasteiger partial charge in [-0.25, -0.2) is 14.4 Å². The van der Waals surface area contributed by atoms with Gasteiger partial charge >= 0.3 is 0 Å². The van der Waals surface area contributed by atoms with Gasteiger partial charge in [0.05, 0.1) is 34.5 Å². The highest BCUT2D eigenvalue weighted by Gasteiger charge is 2.24. The number of aromatic amines is 2. The lowest BCUT2D eigenvalue weighted by atomic mass is 10.1. The quantitative estimate of drug-likeness (QED) is 0.383. The van der Waals surface area contributed by atoms with E-state index in [1.165, 1.54) is 12.4 Å². The minimum atomic E-state index is -0.550. The maximum Gasteiger partial charge on any atom is 0.227 e. The largest absolute Gasteiger partial charge is 0.335 e. The highest BCUT2D eigenvalue weighted by Crippen LogP contribution is 2.33. The van der Waals surface area contributed by atoms with Crippen LogP contribution in [0.2, 0.25) is 0 Å². The summed E-state index contributed by atoms with van der Waals surface area (Å²) in [5, 5.41) is 10.2. The van der Waals surface area contributed by atoms with Gasteiger partial charge in [-0.05, 0) is 31.0 Å². The molecule has 10 heteroatoms. The van der Waals surface area contributed by atoms with Gasteiger partial charge in [-0.1, -0.05) is 12.8 Å². The number of carbonyl (C=O) groups is 1. The van der Waals surface area contributed by atoms with Crippen molar-refractivity contribution in [3.05, 3.63) is 48.8 Å². The normalized spacial score (nSPS) is 14.3. The predicted molar refractivity (Wildman–Crippen MR) is 121 cm³/mol. The summed E-state index contributed by atoms with van der Waals surface area (Å²) in [5.41, 5.74) is 3.12. The van der Waals surface area contributed by atoms with Crippen LogP contribution in [-0.2, 0) is 4.79 Å². The first-order valence-electron chi connectivity index (χ1n) is 10.8. The van der Waals surface area contributed by atoms with Crippen molar-refractivity contribution >= 4 is 33.7 Å². The van der Waals surface area contributed by atoms with E-state index in [4.69, 9.17) is 0 Å². The first-order chi connectivity index (χ1) is 16.2. The van der Waals surface area contributed by atoms with E-state index in [0.29, 0.717) is 33.9 Å². The molecule has 0 bridgehead atoms. The average Bonchev–Trinajstić information content (AvgIpc) is 3.58. The lowest BCUT2D eigenvalue weighted by Gasteiger charge is -2.11. The Labute approximate surface area is 186 Å². The van der Waals surface area contributed by atoms with Crippen LogP contribution >= 0.6 is 0 Å². The van der Waals surface area contributed by atoms with Crippen LogP contribution in [0.3, 0.4) is 0 Å². The van der Waals surface area contributed by atoms with Gasteiger partial charge in [0.2, 0.25) is 5.91 Å². The highest BCUT2D eigenvalue weighted by atomic mass is 19.1. The Hall–Kier alpha value is -4.21. The molecule has 0 aliphatic heterocycles. The van der Waals surface area contributed by atoms with Crippen LogP contribution in [0.1, 0.15) is 25.7 Å². The number of amides is 1. The molecule has 1 fully saturated rings. The van der Waals surface area contributed by atoms with Gasteiger partial charge in [-0.15, -0.1) is 0 Å². The van der Waals surface area contributed by atoms with Crippen molar-refractivity contribution in [2.24, 2.45) is 5.92 Å². The number of halogens is 1. The second-order valence-electron chi connectivity index (χ2n) is 8.17. The van der Waals surface area contributed by atoms with Gasteiger partial charge in [0.15, 0.2) is 17.3 Å². The molecular formula is C23H19FN8O. The van der Waals surface area contributed by atoms with Crippen LogP contribution in [0.25, 0.3) is 44.8 Å². The summed E-state index contributed by atoms with van der Waals surface area (Å²) in [4.78, 5) is 32.7. The molecule has 5 heterocycles. The molecule has 3 N–H and O–H groups in total. The minimum Gasteiger partial charge on any atom is -0.335 e. The maximum absolute atomic E-state index is 15.7. The first kappa shape index (κ1) is 19.5. The van der Waals surface area contributed by atoms with Crippen LogP contribution in [-0.4, -0.2) is 41.0 Å². The molecule has 9 nitrogen and oxygen atoms in total. The molecule has 0 radical (unpaired) electrons. The van der Waals surface area contributed by atoms with Gasteiger partial charge in [-0.2, -0.15) is 5.10 Å². The van der Waals surface area contributed by atoms with Crippen molar-refractivity contribution < 1.29 is 9.18 Å². The maximum atomic E-state index is 15.7. The molecule has 0 spiro atoms. The Morgan fingerprint density at radius 1 is 1.09 bits per heavy atom. The van der Waals surface area contributed by atoms with Crippen LogP contribution in [0.5, 0.6) is 0 Å². The number of anilines is 1. The first-order valence-corrected chi connectivity index (χ1v) is 10.8. The third-order valence-electron chi connectivity index (χ3n) is 6.03. The third-order valence-corrected chi connectivity index (χ3v) is 6.03. The fourth-order valence-electron chi connectivity index (χ4n) is 4.38. The molecule has 1 aliphatic carbocycles. The van der Waals surface area contributed by atoms with Crippen molar-refractivity contribution in [2.45, 2.75) is 25.7 Å². The van der Waals surface area contributed by atoms with Crippen LogP contribution in [0, 0.1) is 11.7 Å². The standard InChI is InChI=1S/C23H19FN8O/c24-18-17-16(31-32-20(17)22-29-15-6-3-7-26-21(15)30-22)11-27-19(18)13-8-14(10-25-9-13)28-23(33)12-4-1-2-5-12/h3,6-12H,1-2,4-5H2,(H,28,33)(H,31,32)(H,26,29,30). The number of imidazole rings is 1. The Bertz CT molecular complexity index is 1470. The minimum absolute atomic E-state index is 0.0201. The van der Waals surface area contributed by atoms with Gasteiger partial charge in [0, 0.05) is 23.9 Å². The van der Waals surface area contributed by atoms with Crippen molar-refractivity contribution in [1.82, 2.24) is 35.1 Å². The summed E-state index contributed by atoms with van der Waals surface area (Å²) < 4.78 is 15.7. The lowest BCUT2D eigenvalue weighted by molar-refractivity contribution is -0.119. The number of rotatable bonds is 4. The number of hydrogen-bond acceptors (Lipinski definition) is 6. The molecule has 1 saturated carbocycles. The fourth-order valence-corrected chi connectivity index (χ4v) is 4.38. The molecule has 6 rings (SSSR count). The van der Waals surface area contributed by atoms with Gasteiger partial charge < -0.3 is 10.3 Å². The Morgan fingerprint density at radius 2 is 1.97 bits per heavy atom. The summed E-state index contributed by atoms with van der Waals surface area (Å²) in [5.74, 6) is -0.148. The third kappa shape index (κ3) is 3.39. The average molecular weight is 442 g/mol. The molecule has 1 amide bonds. The number of carbonyl (C=O) groups excluding carboxylic acids is 1. The van der Waals surface area contributed by atoms with E-state index in [9.17, 15) is 4.79 Å². The number of fused-ring (bicyclic) bond motifs is 2. The van der Waals surface area contributed by atoms with E-state index in [2.05, 4.69) is 40.4 Å². The predicted octanol–water partition coefficient (Wildman–Crippen LogP) is 4.23. The molecule has 0 atom stereocenters. The SMILES string of the molecule is O=C(Nc1cncc(-c2ncc3[nH]nc(-c4nc5ncccc5[nH]4)c3c2F)c1)C1CCCC1. The van der Waals surface area contributed by atoms with Crippen LogP contribution < -0.4 is 5.32 Å². The van der Waals surface area contributed by atoms with Crippen molar-refractivity contribution in [3.8, 4) is 22.8 Å². The number of pyridine rings is 3. The fraction of sp³-hybridized carbons (Fsp3) is 0.217. The summed E-state index contributed by atoms with van der Waals surface area (Å²) >= 11 is 0. The molecule has 5 aromatic heterocycles. The van der Waals surface area contributed by atoms with E-state index in [-0.39, 0.29) is 22.9 Å². The topological polar surface area (TPSA) is 125 Å². The highest BCUT2D eigenvalue weighted by molar-refractivity contribution is 5.96. The van der Waals surface area contributed by atoms with E-state index < -0.39 is 5.82 Å². The Balaban J connectivity index is 1.39. The summed E-state index contributed by atoms with van der Waals surface area (Å²) in [6.45, 7) is 0. The number of aromatic nitrogens is 7. The van der Waals surface area contributed by atoms with E-state index in [0.717, 1.165) is 31.2 Å². The number of hydrogen-bond donors (Lipinski definition) is 3. The molecule has 0 unspecified atom stereocenters. The monoisotopic (exact) mass is 442 g/mol. The zero-order valence-corrected chi connectivity index (χ0v) is 17.5. The van der Waals surface area contributed by atoms with Crippen LogP contribution in [0.15, 0.2) is 43.0 Å². The molecule has 0 aromatic carbocycles. The van der Waals surface area contributed by atoms with Gasteiger partial charge in [0.1, 0.15) is 11.4 Å². The summed E-state index contributed by atoms with van der Waals surface area (Å²) in [6.07, 6.45) is 10.2. The smallest absolute Gasteiger partial charge is 0.227 e. The van der Waals surface area contributed by atoms with Crippen molar-refractivity contribution in [3.63, 3.8) is 0 Å². The lowest BCUT2D eigenvalue weighted by Crippen LogP contribution is -2.20. The molecule has 33 heavy (non-hydrogen) atoms. The second kappa shape index (κ2) is 7.73. The van der Waals surface area contributed by atoms with E-state index in [1.807, 2.05) is 6.07 Å². The summed E-state index contributed by atoms with van der Waals surface area (Å²) in [6, 6.07) is 5.32. The molecule has 0 saturated heterocycles.